The Balaban J connectivity index is 1.43. The standard InChI is InChI=1S/C25H27N5O2/c1-29-15-19(13-27-29)18-7-4-6-17(12-18)14-30-16-20(24-22(30)9-5-11-26-24)25(32)28-21-8-2-3-10-23(21)31/h4-7,9,11-13,15-16,21,23,31H,2-3,8,10,14H2,1H3,(H,28,32). The summed E-state index contributed by atoms with van der Waals surface area (Å²) in [6.45, 7) is 0.621. The highest BCUT2D eigenvalue weighted by atomic mass is 16.3. The molecule has 0 bridgehead atoms. The number of aliphatic hydroxyl groups excluding tert-OH is 1. The van der Waals surface area contributed by atoms with E-state index in [9.17, 15) is 9.90 Å². The second-order valence-electron chi connectivity index (χ2n) is 8.58. The van der Waals surface area contributed by atoms with Crippen molar-refractivity contribution in [2.75, 3.05) is 0 Å². The van der Waals surface area contributed by atoms with Crippen LogP contribution in [-0.4, -0.2) is 42.5 Å². The summed E-state index contributed by atoms with van der Waals surface area (Å²) >= 11 is 0. The number of hydrogen-bond donors (Lipinski definition) is 2. The Hall–Kier alpha value is -3.45. The maximum absolute atomic E-state index is 13.1. The van der Waals surface area contributed by atoms with Crippen molar-refractivity contribution in [3.8, 4) is 11.1 Å². The minimum absolute atomic E-state index is 0.178. The molecule has 1 amide bonds. The first-order valence-corrected chi connectivity index (χ1v) is 11.1. The fourth-order valence-corrected chi connectivity index (χ4v) is 4.56. The molecule has 1 aliphatic carbocycles. The highest BCUT2D eigenvalue weighted by Crippen LogP contribution is 2.24. The molecule has 164 valence electrons. The molecule has 7 heteroatoms. The third kappa shape index (κ3) is 4.03. The van der Waals surface area contributed by atoms with Gasteiger partial charge in [0.1, 0.15) is 5.52 Å². The number of aryl methyl sites for hydroxylation is 1. The van der Waals surface area contributed by atoms with Crippen LogP contribution in [0.3, 0.4) is 0 Å². The lowest BCUT2D eigenvalue weighted by molar-refractivity contribution is 0.0718. The van der Waals surface area contributed by atoms with Crippen LogP contribution in [0.1, 0.15) is 41.6 Å². The maximum atomic E-state index is 13.1. The molecule has 2 N–H and O–H groups in total. The number of rotatable bonds is 5. The molecule has 3 aromatic heterocycles. The molecule has 0 radical (unpaired) electrons. The van der Waals surface area contributed by atoms with Gasteiger partial charge in [-0.05, 0) is 42.2 Å². The van der Waals surface area contributed by atoms with Crippen molar-refractivity contribution in [1.29, 1.82) is 0 Å². The van der Waals surface area contributed by atoms with Crippen molar-refractivity contribution >= 4 is 16.9 Å². The fraction of sp³-hybridized carbons (Fsp3) is 0.320. The van der Waals surface area contributed by atoms with Crippen molar-refractivity contribution < 1.29 is 9.90 Å². The van der Waals surface area contributed by atoms with E-state index in [1.54, 1.807) is 10.9 Å². The molecule has 0 aliphatic heterocycles. The molecule has 2 atom stereocenters. The van der Waals surface area contributed by atoms with Crippen molar-refractivity contribution in [3.05, 3.63) is 72.3 Å². The number of pyridine rings is 1. The second-order valence-corrected chi connectivity index (χ2v) is 8.58. The minimum Gasteiger partial charge on any atom is -0.391 e. The van der Waals surface area contributed by atoms with E-state index in [2.05, 4.69) is 38.2 Å². The number of aliphatic hydroxyl groups is 1. The lowest BCUT2D eigenvalue weighted by Crippen LogP contribution is -2.45. The Morgan fingerprint density at radius 1 is 1.16 bits per heavy atom. The number of fused-ring (bicyclic) bond motifs is 1. The highest BCUT2D eigenvalue weighted by molar-refractivity contribution is 6.05. The van der Waals surface area contributed by atoms with E-state index in [-0.39, 0.29) is 11.9 Å². The summed E-state index contributed by atoms with van der Waals surface area (Å²) in [5, 5.41) is 17.6. The fourth-order valence-electron chi connectivity index (χ4n) is 4.56. The smallest absolute Gasteiger partial charge is 0.255 e. The van der Waals surface area contributed by atoms with Gasteiger partial charge < -0.3 is 15.0 Å². The average molecular weight is 430 g/mol. The zero-order valence-electron chi connectivity index (χ0n) is 18.1. The van der Waals surface area contributed by atoms with E-state index >= 15 is 0 Å². The summed E-state index contributed by atoms with van der Waals surface area (Å²) in [6.07, 6.45) is 10.5. The molecule has 1 aliphatic rings. The van der Waals surface area contributed by atoms with Gasteiger partial charge in [-0.2, -0.15) is 5.10 Å². The Labute approximate surface area is 186 Å². The Morgan fingerprint density at radius 2 is 2.03 bits per heavy atom. The first-order valence-electron chi connectivity index (χ1n) is 11.1. The molecule has 0 saturated heterocycles. The average Bonchev–Trinajstić information content (AvgIpc) is 3.40. The monoisotopic (exact) mass is 429 g/mol. The van der Waals surface area contributed by atoms with Gasteiger partial charge in [0.2, 0.25) is 0 Å². The van der Waals surface area contributed by atoms with Gasteiger partial charge in [-0.1, -0.05) is 31.0 Å². The number of amides is 1. The summed E-state index contributed by atoms with van der Waals surface area (Å²) in [4.78, 5) is 17.6. The molecule has 5 rings (SSSR count). The van der Waals surface area contributed by atoms with Crippen LogP contribution >= 0.6 is 0 Å². The van der Waals surface area contributed by atoms with Crippen LogP contribution in [0.15, 0.2) is 61.2 Å². The lowest BCUT2D eigenvalue weighted by atomic mass is 9.92. The highest BCUT2D eigenvalue weighted by Gasteiger charge is 2.26. The Kier molecular flexibility index (Phi) is 5.49. The number of aromatic nitrogens is 4. The van der Waals surface area contributed by atoms with E-state index in [4.69, 9.17) is 0 Å². The predicted octanol–water partition coefficient (Wildman–Crippen LogP) is 3.52. The van der Waals surface area contributed by atoms with Gasteiger partial charge in [-0.15, -0.1) is 0 Å². The van der Waals surface area contributed by atoms with Gasteiger partial charge in [0.15, 0.2) is 0 Å². The van der Waals surface area contributed by atoms with Crippen LogP contribution in [-0.2, 0) is 13.6 Å². The van der Waals surface area contributed by atoms with Crippen molar-refractivity contribution in [2.45, 2.75) is 44.4 Å². The summed E-state index contributed by atoms with van der Waals surface area (Å²) in [5.74, 6) is -0.178. The largest absolute Gasteiger partial charge is 0.391 e. The van der Waals surface area contributed by atoms with E-state index in [1.807, 2.05) is 43.8 Å². The predicted molar refractivity (Wildman–Crippen MR) is 123 cm³/mol. The molecule has 1 aromatic carbocycles. The number of nitrogens with zero attached hydrogens (tertiary/aromatic N) is 4. The molecule has 7 nitrogen and oxygen atoms in total. The zero-order valence-corrected chi connectivity index (χ0v) is 18.1. The molecule has 2 unspecified atom stereocenters. The van der Waals surface area contributed by atoms with Crippen molar-refractivity contribution in [2.24, 2.45) is 7.05 Å². The lowest BCUT2D eigenvalue weighted by Gasteiger charge is -2.28. The molecule has 1 saturated carbocycles. The van der Waals surface area contributed by atoms with E-state index < -0.39 is 6.10 Å². The third-order valence-electron chi connectivity index (χ3n) is 6.24. The number of benzene rings is 1. The van der Waals surface area contributed by atoms with Gasteiger partial charge >= 0.3 is 0 Å². The third-order valence-corrected chi connectivity index (χ3v) is 6.24. The van der Waals surface area contributed by atoms with Crippen LogP contribution < -0.4 is 5.32 Å². The van der Waals surface area contributed by atoms with Crippen LogP contribution in [0.5, 0.6) is 0 Å². The quantitative estimate of drug-likeness (QED) is 0.508. The SMILES string of the molecule is Cn1cc(-c2cccc(Cn3cc(C(=O)NC4CCCCC4O)c4ncccc43)c2)cn1. The van der Waals surface area contributed by atoms with Crippen molar-refractivity contribution in [1.82, 2.24) is 24.6 Å². The zero-order chi connectivity index (χ0) is 22.1. The van der Waals surface area contributed by atoms with Crippen LogP contribution in [0, 0.1) is 0 Å². The second kappa shape index (κ2) is 8.59. The summed E-state index contributed by atoms with van der Waals surface area (Å²) in [7, 11) is 1.91. The Bertz CT molecular complexity index is 1260. The Morgan fingerprint density at radius 3 is 2.84 bits per heavy atom. The van der Waals surface area contributed by atoms with Gasteiger partial charge in [0.25, 0.3) is 5.91 Å². The first kappa shape index (κ1) is 20.5. The van der Waals surface area contributed by atoms with E-state index in [0.29, 0.717) is 17.6 Å². The summed E-state index contributed by atoms with van der Waals surface area (Å²) < 4.78 is 3.86. The van der Waals surface area contributed by atoms with Crippen molar-refractivity contribution in [3.63, 3.8) is 0 Å². The summed E-state index contributed by atoms with van der Waals surface area (Å²) in [5.41, 5.74) is 5.44. The molecule has 4 aromatic rings. The molecular formula is C25H27N5O2. The van der Waals surface area contributed by atoms with Gasteiger partial charge in [0, 0.05) is 37.7 Å². The number of hydrogen-bond acceptors (Lipinski definition) is 4. The number of carbonyl (C=O) groups is 1. The van der Waals surface area contributed by atoms with Crippen LogP contribution in [0.2, 0.25) is 0 Å². The van der Waals surface area contributed by atoms with Gasteiger partial charge in [-0.3, -0.25) is 14.5 Å². The molecule has 1 fully saturated rings. The molecular weight excluding hydrogens is 402 g/mol. The molecule has 0 spiro atoms. The van der Waals surface area contributed by atoms with Crippen LogP contribution in [0.4, 0.5) is 0 Å². The topological polar surface area (TPSA) is 85.0 Å². The molecule has 32 heavy (non-hydrogen) atoms. The minimum atomic E-state index is -0.482. The van der Waals surface area contributed by atoms with E-state index in [0.717, 1.165) is 47.9 Å². The van der Waals surface area contributed by atoms with Gasteiger partial charge in [0.05, 0.1) is 29.4 Å². The molecule has 3 heterocycles. The van der Waals surface area contributed by atoms with E-state index in [1.165, 1.54) is 0 Å². The number of carbonyl (C=O) groups excluding carboxylic acids is 1. The van der Waals surface area contributed by atoms with Gasteiger partial charge in [-0.25, -0.2) is 0 Å². The maximum Gasteiger partial charge on any atom is 0.255 e. The normalized spacial score (nSPS) is 18.7. The number of nitrogens with one attached hydrogen (secondary N) is 1. The summed E-state index contributed by atoms with van der Waals surface area (Å²) in [6, 6.07) is 12.0. The van der Waals surface area contributed by atoms with Crippen LogP contribution in [0.25, 0.3) is 22.2 Å². The first-order chi connectivity index (χ1) is 15.6.